The third-order valence-corrected chi connectivity index (χ3v) is 0.398. The molecule has 1 amide bonds. The zero-order chi connectivity index (χ0) is 5.70. The standard InChI is InChI=1S/C4H7NO/c1-3-4(6)5-2/h3H,1H2,2H3,(H,5,6)/i1D/b3-1+. The van der Waals surface area contributed by atoms with Gasteiger partial charge in [0.1, 0.15) is 0 Å². The molecule has 0 aliphatic heterocycles. The van der Waals surface area contributed by atoms with Gasteiger partial charge >= 0.3 is 0 Å². The Hall–Kier alpha value is -0.790. The van der Waals surface area contributed by atoms with Gasteiger partial charge < -0.3 is 5.32 Å². The number of hydrogen-bond acceptors (Lipinski definition) is 1. The van der Waals surface area contributed by atoms with E-state index in [0.29, 0.717) is 0 Å². The van der Waals surface area contributed by atoms with Crippen molar-refractivity contribution in [1.82, 2.24) is 5.32 Å². The van der Waals surface area contributed by atoms with Crippen LogP contribution in [0.25, 0.3) is 0 Å². The fourth-order valence-electron chi connectivity index (χ4n) is 0.0833. The monoisotopic (exact) mass is 86.1 g/mol. The first kappa shape index (κ1) is 3.40. The summed E-state index contributed by atoms with van der Waals surface area (Å²) in [6.07, 6.45) is 1.14. The number of carbonyl (C=O) groups excluding carboxylic acids is 1. The highest BCUT2D eigenvalue weighted by molar-refractivity contribution is 5.86. The summed E-state index contributed by atoms with van der Waals surface area (Å²) in [5.74, 6) is -0.241. The van der Waals surface area contributed by atoms with Gasteiger partial charge in [0.2, 0.25) is 5.91 Å². The van der Waals surface area contributed by atoms with Gasteiger partial charge in [-0.3, -0.25) is 4.79 Å². The first-order valence-corrected chi connectivity index (χ1v) is 1.58. The van der Waals surface area contributed by atoms with Crippen LogP contribution in [0.1, 0.15) is 1.37 Å². The highest BCUT2D eigenvalue weighted by Gasteiger charge is 1.78. The Labute approximate surface area is 38.3 Å². The van der Waals surface area contributed by atoms with E-state index in [-0.39, 0.29) is 5.91 Å². The topological polar surface area (TPSA) is 29.1 Å². The number of rotatable bonds is 1. The van der Waals surface area contributed by atoms with Crippen molar-refractivity contribution in [1.29, 1.82) is 0 Å². The minimum atomic E-state index is -0.241. The summed E-state index contributed by atoms with van der Waals surface area (Å²) in [7, 11) is 1.52. The number of nitrogens with one attached hydrogen (secondary N) is 1. The molecule has 0 aromatic rings. The average Bonchev–Trinajstić information content (AvgIpc) is 1.68. The largest absolute Gasteiger partial charge is 0.356 e. The molecule has 34 valence electrons. The fourth-order valence-corrected chi connectivity index (χ4v) is 0.0833. The van der Waals surface area contributed by atoms with Gasteiger partial charge in [0.15, 0.2) is 0 Å². The van der Waals surface area contributed by atoms with E-state index < -0.39 is 0 Å². The van der Waals surface area contributed by atoms with Crippen molar-refractivity contribution in [3.05, 3.63) is 12.6 Å². The summed E-state index contributed by atoms with van der Waals surface area (Å²) in [6.45, 7) is 0.943. The molecule has 0 spiro atoms. The Morgan fingerprint density at radius 2 is 3.00 bits per heavy atom. The molecule has 0 fully saturated rings. The SMILES string of the molecule is [2H]/C=C/C(=O)NC. The molecule has 0 aliphatic rings. The number of likely N-dealkylation sites (N-methyl/N-ethyl adjacent to an activating group) is 1. The van der Waals surface area contributed by atoms with Gasteiger partial charge in [-0.05, 0) is 6.08 Å². The van der Waals surface area contributed by atoms with Crippen LogP contribution in [-0.2, 0) is 4.79 Å². The average molecular weight is 86.1 g/mol. The van der Waals surface area contributed by atoms with Gasteiger partial charge in [-0.25, -0.2) is 0 Å². The normalized spacial score (nSPS) is 11.2. The lowest BCUT2D eigenvalue weighted by atomic mass is 10.6. The molecule has 0 saturated heterocycles. The molecule has 0 saturated carbocycles. The Kier molecular flexibility index (Phi) is 1.39. The van der Waals surface area contributed by atoms with E-state index in [0.717, 1.165) is 12.6 Å². The summed E-state index contributed by atoms with van der Waals surface area (Å²) in [5.41, 5.74) is 0. The molecule has 0 unspecified atom stereocenters. The van der Waals surface area contributed by atoms with Crippen molar-refractivity contribution in [3.63, 3.8) is 0 Å². The molecule has 0 radical (unpaired) electrons. The highest BCUT2D eigenvalue weighted by Crippen LogP contribution is 1.56. The van der Waals surface area contributed by atoms with Gasteiger partial charge in [0.05, 0.1) is 1.37 Å². The molecule has 2 nitrogen and oxygen atoms in total. The lowest BCUT2D eigenvalue weighted by Crippen LogP contribution is -2.13. The zero-order valence-electron chi connectivity index (χ0n) is 4.56. The second-order valence-electron chi connectivity index (χ2n) is 0.781. The van der Waals surface area contributed by atoms with Crippen molar-refractivity contribution in [3.8, 4) is 0 Å². The number of amides is 1. The maximum Gasteiger partial charge on any atom is 0.243 e. The van der Waals surface area contributed by atoms with Crippen LogP contribution < -0.4 is 5.32 Å². The predicted octanol–water partition coefficient (Wildman–Crippen LogP) is -0.0816. The van der Waals surface area contributed by atoms with Crippen LogP contribution in [0.4, 0.5) is 0 Å². The van der Waals surface area contributed by atoms with Crippen LogP contribution in [0.5, 0.6) is 0 Å². The first-order chi connectivity index (χ1) is 3.31. The lowest BCUT2D eigenvalue weighted by Gasteiger charge is -1.82. The van der Waals surface area contributed by atoms with Crippen LogP contribution in [0, 0.1) is 0 Å². The molecular formula is C4H7NO. The third-order valence-electron chi connectivity index (χ3n) is 0.398. The van der Waals surface area contributed by atoms with Gasteiger partial charge in [-0.15, -0.1) is 0 Å². The van der Waals surface area contributed by atoms with E-state index >= 15 is 0 Å². The second-order valence-corrected chi connectivity index (χ2v) is 0.781. The molecule has 2 heteroatoms. The highest BCUT2D eigenvalue weighted by atomic mass is 16.1. The molecule has 0 aromatic heterocycles. The minimum absolute atomic E-state index is 0.241. The summed E-state index contributed by atoms with van der Waals surface area (Å²) in [4.78, 5) is 10.1. The van der Waals surface area contributed by atoms with Crippen LogP contribution in [0.15, 0.2) is 12.6 Å². The molecule has 0 atom stereocenters. The Bertz CT molecular complexity index is 89.7. The van der Waals surface area contributed by atoms with E-state index in [2.05, 4.69) is 5.32 Å². The Morgan fingerprint density at radius 3 is 3.17 bits per heavy atom. The molecule has 1 N–H and O–H groups in total. The van der Waals surface area contributed by atoms with E-state index in [1.165, 1.54) is 7.05 Å². The minimum Gasteiger partial charge on any atom is -0.356 e. The fraction of sp³-hybridized carbons (Fsp3) is 0.250. The summed E-state index contributed by atoms with van der Waals surface area (Å²) >= 11 is 0. The van der Waals surface area contributed by atoms with E-state index in [1.54, 1.807) is 0 Å². The first-order valence-electron chi connectivity index (χ1n) is 2.15. The van der Waals surface area contributed by atoms with Crippen LogP contribution in [0.3, 0.4) is 0 Å². The van der Waals surface area contributed by atoms with E-state index in [4.69, 9.17) is 1.37 Å². The van der Waals surface area contributed by atoms with Crippen molar-refractivity contribution < 1.29 is 6.17 Å². The van der Waals surface area contributed by atoms with Crippen molar-refractivity contribution in [2.45, 2.75) is 0 Å². The molecule has 6 heavy (non-hydrogen) atoms. The van der Waals surface area contributed by atoms with E-state index in [9.17, 15) is 4.79 Å². The van der Waals surface area contributed by atoms with Crippen molar-refractivity contribution in [2.75, 3.05) is 7.05 Å². The summed E-state index contributed by atoms with van der Waals surface area (Å²) < 4.78 is 6.40. The Morgan fingerprint density at radius 1 is 2.33 bits per heavy atom. The van der Waals surface area contributed by atoms with E-state index in [1.807, 2.05) is 0 Å². The van der Waals surface area contributed by atoms with Gasteiger partial charge in [-0.2, -0.15) is 0 Å². The molecule has 0 heterocycles. The number of hydrogen-bond donors (Lipinski definition) is 1. The lowest BCUT2D eigenvalue weighted by molar-refractivity contribution is -0.116. The third kappa shape index (κ3) is 1.52. The molecule has 0 bridgehead atoms. The summed E-state index contributed by atoms with van der Waals surface area (Å²) in [5, 5.41) is 2.32. The second kappa shape index (κ2) is 2.45. The van der Waals surface area contributed by atoms with Gasteiger partial charge in [0, 0.05) is 7.05 Å². The van der Waals surface area contributed by atoms with Gasteiger partial charge in [-0.1, -0.05) is 6.55 Å². The zero-order valence-corrected chi connectivity index (χ0v) is 3.56. The maximum absolute atomic E-state index is 10.1. The molecular weight excluding hydrogens is 78.0 g/mol. The predicted molar refractivity (Wildman–Crippen MR) is 24.3 cm³/mol. The van der Waals surface area contributed by atoms with Crippen LogP contribution in [0.2, 0.25) is 0 Å². The quantitative estimate of drug-likeness (QED) is 0.444. The molecule has 0 aliphatic carbocycles. The molecule has 0 aromatic carbocycles. The van der Waals surface area contributed by atoms with Crippen LogP contribution in [-0.4, -0.2) is 13.0 Å². The Balaban J connectivity index is 3.37. The van der Waals surface area contributed by atoms with Gasteiger partial charge in [0.25, 0.3) is 0 Å². The smallest absolute Gasteiger partial charge is 0.243 e. The summed E-state index contributed by atoms with van der Waals surface area (Å²) in [6, 6.07) is 0. The maximum atomic E-state index is 10.1. The molecule has 0 rings (SSSR count). The number of carbonyl (C=O) groups is 1. The van der Waals surface area contributed by atoms with Crippen LogP contribution >= 0.6 is 0 Å². The van der Waals surface area contributed by atoms with Crippen molar-refractivity contribution in [2.24, 2.45) is 0 Å². The van der Waals surface area contributed by atoms with Crippen molar-refractivity contribution >= 4 is 5.91 Å².